The molecular weight excluding hydrogens is 350 g/mol. The Morgan fingerprint density at radius 3 is 2.61 bits per heavy atom. The molecule has 0 aliphatic rings. The second-order valence-electron chi connectivity index (χ2n) is 6.98. The first-order valence-corrected chi connectivity index (χ1v) is 9.53. The summed E-state index contributed by atoms with van der Waals surface area (Å²) in [5.74, 6) is 0.833. The molecule has 5 nitrogen and oxygen atoms in total. The molecule has 1 aromatic heterocycles. The number of aromatic nitrogens is 2. The number of carbonyl (C=O) groups is 1. The summed E-state index contributed by atoms with van der Waals surface area (Å²) in [5.41, 5.74) is 5.31. The van der Waals surface area contributed by atoms with Gasteiger partial charge < -0.3 is 10.1 Å². The summed E-state index contributed by atoms with van der Waals surface area (Å²) in [6.45, 7) is 6.10. The van der Waals surface area contributed by atoms with Gasteiger partial charge in [0.25, 0.3) is 0 Å². The van der Waals surface area contributed by atoms with E-state index >= 15 is 0 Å². The van der Waals surface area contributed by atoms with Gasteiger partial charge in [0.1, 0.15) is 5.75 Å². The van der Waals surface area contributed by atoms with E-state index in [4.69, 9.17) is 4.74 Å². The first-order chi connectivity index (χ1) is 13.5. The number of ether oxygens (including phenoxy) is 1. The summed E-state index contributed by atoms with van der Waals surface area (Å²) in [6, 6.07) is 15.8. The number of nitrogens with zero attached hydrogens (tertiary/aromatic N) is 2. The van der Waals surface area contributed by atoms with Crippen LogP contribution in [0.2, 0.25) is 0 Å². The molecule has 0 aliphatic carbocycles. The van der Waals surface area contributed by atoms with Crippen molar-refractivity contribution in [3.05, 3.63) is 77.1 Å². The van der Waals surface area contributed by atoms with Crippen LogP contribution in [0.4, 0.5) is 0 Å². The third-order valence-electron chi connectivity index (χ3n) is 5.05. The van der Waals surface area contributed by atoms with Crippen molar-refractivity contribution < 1.29 is 9.53 Å². The molecule has 0 fully saturated rings. The standard InChI is InChI=1S/C23H27N3O2/c1-16-9-5-7-11-21(16)26-18(3)20(15-24-26)17(2)25-23(27)14-13-19-10-6-8-12-22(19)28-4/h5-12,15,17H,13-14H2,1-4H3,(H,25,27). The van der Waals surface area contributed by atoms with E-state index in [0.29, 0.717) is 12.8 Å². The zero-order valence-electron chi connectivity index (χ0n) is 16.9. The highest BCUT2D eigenvalue weighted by Crippen LogP contribution is 2.23. The third kappa shape index (κ3) is 4.25. The average molecular weight is 377 g/mol. The number of aryl methyl sites for hydroxylation is 2. The van der Waals surface area contributed by atoms with Gasteiger partial charge in [-0.1, -0.05) is 36.4 Å². The second-order valence-corrected chi connectivity index (χ2v) is 6.98. The molecule has 0 spiro atoms. The van der Waals surface area contributed by atoms with Crippen molar-refractivity contribution >= 4 is 5.91 Å². The molecule has 146 valence electrons. The van der Waals surface area contributed by atoms with Crippen LogP contribution < -0.4 is 10.1 Å². The van der Waals surface area contributed by atoms with Crippen LogP contribution in [0.25, 0.3) is 5.69 Å². The Hall–Kier alpha value is -3.08. The Labute approximate surface area is 166 Å². The lowest BCUT2D eigenvalue weighted by molar-refractivity contribution is -0.121. The predicted molar refractivity (Wildman–Crippen MR) is 111 cm³/mol. The summed E-state index contributed by atoms with van der Waals surface area (Å²) >= 11 is 0. The van der Waals surface area contributed by atoms with Gasteiger partial charge in [0, 0.05) is 17.7 Å². The number of carbonyl (C=O) groups excluding carboxylic acids is 1. The largest absolute Gasteiger partial charge is 0.496 e. The number of nitrogens with one attached hydrogen (secondary N) is 1. The second kappa shape index (κ2) is 8.74. The van der Waals surface area contributed by atoms with Crippen LogP contribution in [0.1, 0.15) is 41.8 Å². The number of benzene rings is 2. The first kappa shape index (κ1) is 19.7. The topological polar surface area (TPSA) is 56.1 Å². The summed E-state index contributed by atoms with van der Waals surface area (Å²) in [7, 11) is 1.65. The molecule has 1 amide bonds. The van der Waals surface area contributed by atoms with Crippen LogP contribution in [0.3, 0.4) is 0 Å². The van der Waals surface area contributed by atoms with Crippen LogP contribution in [0, 0.1) is 13.8 Å². The number of rotatable bonds is 7. The molecule has 1 N–H and O–H groups in total. The van der Waals surface area contributed by atoms with E-state index in [-0.39, 0.29) is 11.9 Å². The van der Waals surface area contributed by atoms with E-state index in [1.165, 1.54) is 0 Å². The van der Waals surface area contributed by atoms with Crippen LogP contribution in [-0.4, -0.2) is 22.8 Å². The maximum atomic E-state index is 12.5. The maximum Gasteiger partial charge on any atom is 0.220 e. The summed E-state index contributed by atoms with van der Waals surface area (Å²) in [6.07, 6.45) is 2.90. The molecule has 0 aliphatic heterocycles. The summed E-state index contributed by atoms with van der Waals surface area (Å²) < 4.78 is 7.29. The van der Waals surface area contributed by atoms with Crippen LogP contribution in [-0.2, 0) is 11.2 Å². The Kier molecular flexibility index (Phi) is 6.14. The lowest BCUT2D eigenvalue weighted by Gasteiger charge is -2.15. The number of amides is 1. The van der Waals surface area contributed by atoms with Gasteiger partial charge in [-0.3, -0.25) is 4.79 Å². The molecular formula is C23H27N3O2. The minimum Gasteiger partial charge on any atom is -0.496 e. The molecule has 3 rings (SSSR count). The van der Waals surface area contributed by atoms with E-state index < -0.39 is 0 Å². The first-order valence-electron chi connectivity index (χ1n) is 9.53. The van der Waals surface area contributed by atoms with Gasteiger partial charge in [-0.15, -0.1) is 0 Å². The van der Waals surface area contributed by atoms with Gasteiger partial charge >= 0.3 is 0 Å². The smallest absolute Gasteiger partial charge is 0.220 e. The number of para-hydroxylation sites is 2. The molecule has 0 saturated carbocycles. The van der Waals surface area contributed by atoms with Gasteiger partial charge in [0.15, 0.2) is 0 Å². The quantitative estimate of drug-likeness (QED) is 0.668. The van der Waals surface area contributed by atoms with Crippen molar-refractivity contribution in [2.45, 2.75) is 39.7 Å². The Bertz CT molecular complexity index is 962. The zero-order chi connectivity index (χ0) is 20.1. The number of hydrogen-bond acceptors (Lipinski definition) is 3. The lowest BCUT2D eigenvalue weighted by atomic mass is 10.1. The minimum absolute atomic E-state index is 0.0152. The van der Waals surface area contributed by atoms with Crippen molar-refractivity contribution in [3.63, 3.8) is 0 Å². The molecule has 5 heteroatoms. The molecule has 0 radical (unpaired) electrons. The highest BCUT2D eigenvalue weighted by Gasteiger charge is 2.17. The molecule has 1 heterocycles. The van der Waals surface area contributed by atoms with Crippen molar-refractivity contribution in [3.8, 4) is 11.4 Å². The maximum absolute atomic E-state index is 12.5. The normalized spacial score (nSPS) is 11.9. The fraction of sp³-hybridized carbons (Fsp3) is 0.304. The van der Waals surface area contributed by atoms with E-state index in [0.717, 1.165) is 33.8 Å². The fourth-order valence-electron chi connectivity index (χ4n) is 3.44. The van der Waals surface area contributed by atoms with Gasteiger partial charge in [-0.25, -0.2) is 4.68 Å². The predicted octanol–water partition coefficient (Wildman–Crippen LogP) is 4.31. The average Bonchev–Trinajstić information content (AvgIpc) is 3.08. The molecule has 0 bridgehead atoms. The number of hydrogen-bond donors (Lipinski definition) is 1. The van der Waals surface area contributed by atoms with Crippen molar-refractivity contribution in [1.82, 2.24) is 15.1 Å². The minimum atomic E-state index is -0.108. The van der Waals surface area contributed by atoms with Crippen LogP contribution >= 0.6 is 0 Å². The van der Waals surface area contributed by atoms with Gasteiger partial charge in [0.05, 0.1) is 25.0 Å². The Morgan fingerprint density at radius 1 is 1.14 bits per heavy atom. The summed E-state index contributed by atoms with van der Waals surface area (Å²) in [5, 5.41) is 7.63. The third-order valence-corrected chi connectivity index (χ3v) is 5.05. The molecule has 1 atom stereocenters. The van der Waals surface area contributed by atoms with Crippen LogP contribution in [0.15, 0.2) is 54.7 Å². The number of methoxy groups -OCH3 is 1. The molecule has 3 aromatic rings. The van der Waals surface area contributed by atoms with Crippen molar-refractivity contribution in [2.24, 2.45) is 0 Å². The fourth-order valence-corrected chi connectivity index (χ4v) is 3.44. The molecule has 28 heavy (non-hydrogen) atoms. The van der Waals surface area contributed by atoms with E-state index in [1.807, 2.05) is 61.1 Å². The van der Waals surface area contributed by atoms with Gasteiger partial charge in [-0.2, -0.15) is 5.10 Å². The summed E-state index contributed by atoms with van der Waals surface area (Å²) in [4.78, 5) is 12.5. The monoisotopic (exact) mass is 377 g/mol. The lowest BCUT2D eigenvalue weighted by Crippen LogP contribution is -2.27. The molecule has 1 unspecified atom stereocenters. The highest BCUT2D eigenvalue weighted by atomic mass is 16.5. The Balaban J connectivity index is 1.66. The van der Waals surface area contributed by atoms with E-state index in [1.54, 1.807) is 7.11 Å². The van der Waals surface area contributed by atoms with E-state index in [9.17, 15) is 4.79 Å². The van der Waals surface area contributed by atoms with Crippen molar-refractivity contribution in [2.75, 3.05) is 7.11 Å². The van der Waals surface area contributed by atoms with E-state index in [2.05, 4.69) is 29.5 Å². The van der Waals surface area contributed by atoms with Gasteiger partial charge in [-0.05, 0) is 50.5 Å². The zero-order valence-corrected chi connectivity index (χ0v) is 16.9. The SMILES string of the molecule is COc1ccccc1CCC(=O)NC(C)c1cnn(-c2ccccc2C)c1C. The molecule has 2 aromatic carbocycles. The van der Waals surface area contributed by atoms with Gasteiger partial charge in [0.2, 0.25) is 5.91 Å². The Morgan fingerprint density at radius 2 is 1.86 bits per heavy atom. The molecule has 0 saturated heterocycles. The van der Waals surface area contributed by atoms with Crippen molar-refractivity contribution in [1.29, 1.82) is 0 Å². The van der Waals surface area contributed by atoms with Crippen LogP contribution in [0.5, 0.6) is 5.75 Å². The highest BCUT2D eigenvalue weighted by molar-refractivity contribution is 5.76.